The monoisotopic (exact) mass is 297 g/mol. The Morgan fingerprint density at radius 2 is 2.14 bits per heavy atom. The molecule has 0 atom stereocenters. The highest BCUT2D eigenvalue weighted by molar-refractivity contribution is 5.91. The summed E-state index contributed by atoms with van der Waals surface area (Å²) in [5.74, 6) is -0.0645. The van der Waals surface area contributed by atoms with Gasteiger partial charge in [-0.05, 0) is 18.9 Å². The summed E-state index contributed by atoms with van der Waals surface area (Å²) < 4.78 is 9.66. The van der Waals surface area contributed by atoms with E-state index in [0.29, 0.717) is 12.4 Å². The second-order valence-corrected chi connectivity index (χ2v) is 5.11. The van der Waals surface area contributed by atoms with E-state index in [9.17, 15) is 9.59 Å². The Morgan fingerprint density at radius 3 is 2.67 bits per heavy atom. The van der Waals surface area contributed by atoms with Gasteiger partial charge in [0.25, 0.3) is 0 Å². The maximum absolute atomic E-state index is 12.0. The number of methoxy groups -OCH3 is 1. The molecule has 0 bridgehead atoms. The van der Waals surface area contributed by atoms with Gasteiger partial charge >= 0.3 is 5.97 Å². The minimum atomic E-state index is -0.363. The summed E-state index contributed by atoms with van der Waals surface area (Å²) in [7, 11) is 1.33. The van der Waals surface area contributed by atoms with Crippen LogP contribution in [0.1, 0.15) is 38.8 Å². The maximum atomic E-state index is 12.0. The van der Waals surface area contributed by atoms with Crippen LogP contribution in [-0.4, -0.2) is 48.7 Å². The summed E-state index contributed by atoms with van der Waals surface area (Å²) in [6.45, 7) is 6.78. The molecular weight excluding hydrogens is 274 g/mol. The van der Waals surface area contributed by atoms with E-state index in [-0.39, 0.29) is 30.9 Å². The van der Waals surface area contributed by atoms with Gasteiger partial charge < -0.3 is 9.26 Å². The lowest BCUT2D eigenvalue weighted by atomic mass is 10.1. The molecule has 1 aromatic heterocycles. The van der Waals surface area contributed by atoms with E-state index in [1.165, 1.54) is 7.11 Å². The van der Waals surface area contributed by atoms with Crippen LogP contribution in [0.5, 0.6) is 0 Å². The highest BCUT2D eigenvalue weighted by atomic mass is 16.5. The molecular formula is C14H23N3O4. The van der Waals surface area contributed by atoms with Gasteiger partial charge in [0, 0.05) is 6.07 Å². The van der Waals surface area contributed by atoms with Gasteiger partial charge in [0.2, 0.25) is 11.8 Å². The lowest BCUT2D eigenvalue weighted by molar-refractivity contribution is -0.142. The molecule has 1 N–H and O–H groups in total. The third-order valence-electron chi connectivity index (χ3n) is 2.87. The number of amides is 1. The number of carbonyl (C=O) groups is 2. The smallest absolute Gasteiger partial charge is 0.319 e. The van der Waals surface area contributed by atoms with Crippen LogP contribution in [0.25, 0.3) is 0 Å². The summed E-state index contributed by atoms with van der Waals surface area (Å²) in [6, 6.07) is 1.70. The fourth-order valence-corrected chi connectivity index (χ4v) is 1.78. The van der Waals surface area contributed by atoms with E-state index in [0.717, 1.165) is 12.1 Å². The van der Waals surface area contributed by atoms with Crippen molar-refractivity contribution in [3.8, 4) is 0 Å². The van der Waals surface area contributed by atoms with Crippen LogP contribution in [0.4, 0.5) is 5.88 Å². The maximum Gasteiger partial charge on any atom is 0.319 e. The van der Waals surface area contributed by atoms with Crippen molar-refractivity contribution in [1.82, 2.24) is 10.1 Å². The third kappa shape index (κ3) is 5.95. The molecule has 0 spiro atoms. The molecule has 7 nitrogen and oxygen atoms in total. The Morgan fingerprint density at radius 1 is 1.43 bits per heavy atom. The highest BCUT2D eigenvalue weighted by Crippen LogP contribution is 2.17. The van der Waals surface area contributed by atoms with Crippen molar-refractivity contribution in [2.75, 3.05) is 32.1 Å². The number of rotatable bonds is 8. The molecule has 1 aromatic rings. The van der Waals surface area contributed by atoms with Crippen molar-refractivity contribution in [1.29, 1.82) is 0 Å². The second kappa shape index (κ2) is 8.41. The molecule has 0 aliphatic rings. The molecule has 118 valence electrons. The lowest BCUT2D eigenvalue weighted by Gasteiger charge is -2.18. The molecule has 7 heteroatoms. The van der Waals surface area contributed by atoms with Gasteiger partial charge in [0.05, 0.1) is 25.9 Å². The molecule has 0 aliphatic heterocycles. The van der Waals surface area contributed by atoms with Crippen molar-refractivity contribution in [3.63, 3.8) is 0 Å². The van der Waals surface area contributed by atoms with Gasteiger partial charge in [-0.15, -0.1) is 0 Å². The van der Waals surface area contributed by atoms with Crippen LogP contribution >= 0.6 is 0 Å². The number of hydrogen-bond acceptors (Lipinski definition) is 6. The molecule has 0 saturated heterocycles. The molecule has 1 amide bonds. The topological polar surface area (TPSA) is 84.7 Å². The van der Waals surface area contributed by atoms with E-state index in [1.54, 1.807) is 11.0 Å². The zero-order valence-electron chi connectivity index (χ0n) is 13.0. The minimum absolute atomic E-state index is 0.0887. The SMILES string of the molecule is CCCN(CC(=O)Nc1cc(C(C)C)no1)CC(=O)OC. The van der Waals surface area contributed by atoms with Crippen molar-refractivity contribution < 1.29 is 18.8 Å². The van der Waals surface area contributed by atoms with Crippen molar-refractivity contribution in [3.05, 3.63) is 11.8 Å². The lowest BCUT2D eigenvalue weighted by Crippen LogP contribution is -2.37. The molecule has 0 unspecified atom stereocenters. The van der Waals surface area contributed by atoms with Gasteiger partial charge in [-0.2, -0.15) is 0 Å². The molecule has 0 aromatic carbocycles. The Bertz CT molecular complexity index is 471. The summed E-state index contributed by atoms with van der Waals surface area (Å²) in [4.78, 5) is 25.0. The molecule has 0 saturated carbocycles. The van der Waals surface area contributed by atoms with E-state index in [1.807, 2.05) is 20.8 Å². The standard InChI is InChI=1S/C14H23N3O4/c1-5-6-17(9-14(19)20-4)8-12(18)15-13-7-11(10(2)3)16-21-13/h7,10H,5-6,8-9H2,1-4H3,(H,15,18). The van der Waals surface area contributed by atoms with Crippen LogP contribution in [-0.2, 0) is 14.3 Å². The van der Waals surface area contributed by atoms with Gasteiger partial charge in [0.15, 0.2) is 0 Å². The van der Waals surface area contributed by atoms with Crippen LogP contribution < -0.4 is 5.32 Å². The second-order valence-electron chi connectivity index (χ2n) is 5.11. The van der Waals surface area contributed by atoms with Crippen LogP contribution in [0, 0.1) is 0 Å². The molecule has 0 aliphatic carbocycles. The largest absolute Gasteiger partial charge is 0.468 e. The van der Waals surface area contributed by atoms with Crippen LogP contribution in [0.2, 0.25) is 0 Å². The number of carbonyl (C=O) groups excluding carboxylic acids is 2. The van der Waals surface area contributed by atoms with Gasteiger partial charge in [-0.3, -0.25) is 19.8 Å². The van der Waals surface area contributed by atoms with E-state index in [4.69, 9.17) is 4.52 Å². The zero-order valence-corrected chi connectivity index (χ0v) is 13.0. The molecule has 0 fully saturated rings. The molecule has 21 heavy (non-hydrogen) atoms. The first-order valence-electron chi connectivity index (χ1n) is 7.01. The van der Waals surface area contributed by atoms with Crippen molar-refractivity contribution >= 4 is 17.8 Å². The summed E-state index contributed by atoms with van der Waals surface area (Å²) >= 11 is 0. The van der Waals surface area contributed by atoms with E-state index in [2.05, 4.69) is 15.2 Å². The average Bonchev–Trinajstić information content (AvgIpc) is 2.87. The van der Waals surface area contributed by atoms with E-state index < -0.39 is 0 Å². The molecule has 1 rings (SSSR count). The predicted octanol–water partition coefficient (Wildman–Crippen LogP) is 1.62. The summed E-state index contributed by atoms with van der Waals surface area (Å²) in [5.41, 5.74) is 0.783. The number of nitrogens with one attached hydrogen (secondary N) is 1. The minimum Gasteiger partial charge on any atom is -0.468 e. The zero-order chi connectivity index (χ0) is 15.8. The van der Waals surface area contributed by atoms with Crippen molar-refractivity contribution in [2.24, 2.45) is 0 Å². The van der Waals surface area contributed by atoms with Gasteiger partial charge in [0.1, 0.15) is 0 Å². The normalized spacial score (nSPS) is 11.0. The average molecular weight is 297 g/mol. The van der Waals surface area contributed by atoms with Gasteiger partial charge in [-0.25, -0.2) is 0 Å². The number of esters is 1. The van der Waals surface area contributed by atoms with E-state index >= 15 is 0 Å². The quantitative estimate of drug-likeness (QED) is 0.734. The van der Waals surface area contributed by atoms with Crippen LogP contribution in [0.15, 0.2) is 10.6 Å². The summed E-state index contributed by atoms with van der Waals surface area (Å²) in [5, 5.41) is 6.50. The number of nitrogens with zero attached hydrogens (tertiary/aromatic N) is 2. The molecule has 1 heterocycles. The fraction of sp³-hybridized carbons (Fsp3) is 0.643. The summed E-state index contributed by atoms with van der Waals surface area (Å²) in [6.07, 6.45) is 0.837. The van der Waals surface area contributed by atoms with Crippen LogP contribution in [0.3, 0.4) is 0 Å². The Hall–Kier alpha value is -1.89. The fourth-order valence-electron chi connectivity index (χ4n) is 1.78. The number of ether oxygens (including phenoxy) is 1. The first-order chi connectivity index (χ1) is 9.96. The third-order valence-corrected chi connectivity index (χ3v) is 2.87. The molecule has 0 radical (unpaired) electrons. The number of anilines is 1. The number of hydrogen-bond donors (Lipinski definition) is 1. The highest BCUT2D eigenvalue weighted by Gasteiger charge is 2.16. The van der Waals surface area contributed by atoms with Crippen molar-refractivity contribution in [2.45, 2.75) is 33.1 Å². The Balaban J connectivity index is 2.54. The number of aromatic nitrogens is 1. The predicted molar refractivity (Wildman–Crippen MR) is 78.0 cm³/mol. The van der Waals surface area contributed by atoms with Gasteiger partial charge in [-0.1, -0.05) is 25.9 Å². The Labute approximate surface area is 124 Å². The Kier molecular flexibility index (Phi) is 6.87. The first-order valence-corrected chi connectivity index (χ1v) is 7.01. The first kappa shape index (κ1) is 17.2.